The summed E-state index contributed by atoms with van der Waals surface area (Å²) in [5.74, 6) is 1.54. The van der Waals surface area contributed by atoms with E-state index >= 15 is 0 Å². The zero-order chi connectivity index (χ0) is 12.3. The molecule has 0 N–H and O–H groups in total. The number of halogens is 1. The molecule has 94 valence electrons. The van der Waals surface area contributed by atoms with E-state index in [1.165, 1.54) is 5.56 Å². The van der Waals surface area contributed by atoms with Gasteiger partial charge in [-0.25, -0.2) is 0 Å². The van der Waals surface area contributed by atoms with Gasteiger partial charge in [-0.15, -0.1) is 0 Å². The van der Waals surface area contributed by atoms with Crippen LogP contribution in [0.2, 0.25) is 0 Å². The summed E-state index contributed by atoms with van der Waals surface area (Å²) in [4.78, 5) is 0.479. The predicted octanol–water partition coefficient (Wildman–Crippen LogP) is 3.43. The van der Waals surface area contributed by atoms with E-state index in [1.807, 2.05) is 12.1 Å². The molecule has 3 heteroatoms. The molecule has 0 aliphatic carbocycles. The number of hydrogen-bond acceptors (Lipinski definition) is 2. The summed E-state index contributed by atoms with van der Waals surface area (Å²) in [5, 5.41) is 0. The van der Waals surface area contributed by atoms with Gasteiger partial charge in [0, 0.05) is 11.4 Å². The molecular weight excluding hydrogens is 280 g/mol. The van der Waals surface area contributed by atoms with E-state index in [0.717, 1.165) is 25.2 Å². The van der Waals surface area contributed by atoms with Crippen LogP contribution in [0.5, 0.6) is 5.75 Å². The highest BCUT2D eigenvalue weighted by Gasteiger charge is 2.30. The highest BCUT2D eigenvalue weighted by atomic mass is 79.9. The minimum absolute atomic E-state index is 0.366. The second-order valence-corrected chi connectivity index (χ2v) is 5.78. The van der Waals surface area contributed by atoms with Crippen LogP contribution in [-0.4, -0.2) is 24.6 Å². The van der Waals surface area contributed by atoms with E-state index in [1.54, 1.807) is 7.11 Å². The second-order valence-electron chi connectivity index (χ2n) is 4.60. The van der Waals surface area contributed by atoms with Crippen molar-refractivity contribution in [2.45, 2.75) is 30.7 Å². The zero-order valence-corrected chi connectivity index (χ0v) is 11.9. The standard InChI is InChI=1S/C14H19BrO2/c1-10-13(6-7-17-10)14(15)9-11-4-3-5-12(8-11)16-2/h3-5,8,10,13-14H,6-7,9H2,1-2H3. The molecule has 1 fully saturated rings. The van der Waals surface area contributed by atoms with Gasteiger partial charge in [0.1, 0.15) is 5.75 Å². The summed E-state index contributed by atoms with van der Waals surface area (Å²) in [6.07, 6.45) is 2.54. The maximum atomic E-state index is 5.61. The Bertz CT molecular complexity index is 367. The number of rotatable bonds is 4. The van der Waals surface area contributed by atoms with Crippen molar-refractivity contribution in [3.05, 3.63) is 29.8 Å². The molecule has 3 atom stereocenters. The van der Waals surface area contributed by atoms with E-state index in [0.29, 0.717) is 16.8 Å². The Morgan fingerprint density at radius 3 is 3.00 bits per heavy atom. The quantitative estimate of drug-likeness (QED) is 0.793. The highest BCUT2D eigenvalue weighted by molar-refractivity contribution is 9.09. The van der Waals surface area contributed by atoms with E-state index in [4.69, 9.17) is 9.47 Å². The number of methoxy groups -OCH3 is 1. The number of alkyl halides is 1. The molecule has 0 bridgehead atoms. The van der Waals surface area contributed by atoms with Gasteiger partial charge in [-0.3, -0.25) is 0 Å². The first-order valence-corrected chi connectivity index (χ1v) is 7.01. The molecule has 1 aliphatic rings. The Balaban J connectivity index is 1.99. The smallest absolute Gasteiger partial charge is 0.119 e. The van der Waals surface area contributed by atoms with E-state index in [2.05, 4.69) is 35.0 Å². The number of benzene rings is 1. The molecule has 1 saturated heterocycles. The van der Waals surface area contributed by atoms with Crippen molar-refractivity contribution in [2.75, 3.05) is 13.7 Å². The molecule has 1 heterocycles. The lowest BCUT2D eigenvalue weighted by Gasteiger charge is -2.20. The van der Waals surface area contributed by atoms with Gasteiger partial charge in [0.15, 0.2) is 0 Å². The van der Waals surface area contributed by atoms with Gasteiger partial charge >= 0.3 is 0 Å². The Morgan fingerprint density at radius 1 is 1.53 bits per heavy atom. The average Bonchev–Trinajstić information content (AvgIpc) is 2.76. The largest absolute Gasteiger partial charge is 0.497 e. The first-order valence-electron chi connectivity index (χ1n) is 6.09. The van der Waals surface area contributed by atoms with Crippen LogP contribution >= 0.6 is 15.9 Å². The Morgan fingerprint density at radius 2 is 2.35 bits per heavy atom. The van der Waals surface area contributed by atoms with E-state index in [9.17, 15) is 0 Å². The van der Waals surface area contributed by atoms with Crippen molar-refractivity contribution in [2.24, 2.45) is 5.92 Å². The van der Waals surface area contributed by atoms with Crippen molar-refractivity contribution < 1.29 is 9.47 Å². The predicted molar refractivity (Wildman–Crippen MR) is 72.9 cm³/mol. The molecule has 0 amide bonds. The third-order valence-corrected chi connectivity index (χ3v) is 4.47. The highest BCUT2D eigenvalue weighted by Crippen LogP contribution is 2.30. The fourth-order valence-electron chi connectivity index (χ4n) is 2.40. The van der Waals surface area contributed by atoms with Crippen LogP contribution in [0, 0.1) is 5.92 Å². The van der Waals surface area contributed by atoms with Crippen LogP contribution in [0.1, 0.15) is 18.9 Å². The van der Waals surface area contributed by atoms with Gasteiger partial charge in [0.05, 0.1) is 13.2 Å². The van der Waals surface area contributed by atoms with Gasteiger partial charge in [0.25, 0.3) is 0 Å². The molecule has 0 saturated carbocycles. The van der Waals surface area contributed by atoms with Crippen LogP contribution in [0.15, 0.2) is 24.3 Å². The van der Waals surface area contributed by atoms with E-state index in [-0.39, 0.29) is 0 Å². The fraction of sp³-hybridized carbons (Fsp3) is 0.571. The molecule has 2 nitrogen and oxygen atoms in total. The lowest BCUT2D eigenvalue weighted by molar-refractivity contribution is 0.105. The summed E-state index contributed by atoms with van der Waals surface area (Å²) in [6, 6.07) is 8.28. The third-order valence-electron chi connectivity index (χ3n) is 3.46. The zero-order valence-electron chi connectivity index (χ0n) is 10.4. The molecule has 0 spiro atoms. The minimum atomic E-state index is 0.366. The van der Waals surface area contributed by atoms with Crippen LogP contribution in [-0.2, 0) is 11.2 Å². The monoisotopic (exact) mass is 298 g/mol. The third kappa shape index (κ3) is 3.23. The molecular formula is C14H19BrO2. The SMILES string of the molecule is COc1cccc(CC(Br)C2CCOC2C)c1. The second kappa shape index (κ2) is 5.87. The first-order chi connectivity index (χ1) is 8.20. The van der Waals surface area contributed by atoms with E-state index < -0.39 is 0 Å². The summed E-state index contributed by atoms with van der Waals surface area (Å²) < 4.78 is 10.9. The van der Waals surface area contributed by atoms with Crippen molar-refractivity contribution in [3.63, 3.8) is 0 Å². The molecule has 1 aromatic rings. The summed E-state index contributed by atoms with van der Waals surface area (Å²) in [7, 11) is 1.71. The minimum Gasteiger partial charge on any atom is -0.497 e. The Kier molecular flexibility index (Phi) is 4.46. The van der Waals surface area contributed by atoms with Crippen LogP contribution in [0.25, 0.3) is 0 Å². The average molecular weight is 299 g/mol. The molecule has 17 heavy (non-hydrogen) atoms. The van der Waals surface area contributed by atoms with Crippen molar-refractivity contribution in [3.8, 4) is 5.75 Å². The Labute approximate surface area is 111 Å². The van der Waals surface area contributed by atoms with Gasteiger partial charge < -0.3 is 9.47 Å². The maximum absolute atomic E-state index is 5.61. The van der Waals surface area contributed by atoms with Gasteiger partial charge in [-0.05, 0) is 43.4 Å². The normalized spacial score (nSPS) is 25.8. The lowest BCUT2D eigenvalue weighted by atomic mass is 9.94. The fourth-order valence-corrected chi connectivity index (χ4v) is 3.47. The molecule has 0 radical (unpaired) electrons. The molecule has 1 aromatic carbocycles. The van der Waals surface area contributed by atoms with Gasteiger partial charge in [-0.2, -0.15) is 0 Å². The van der Waals surface area contributed by atoms with Gasteiger partial charge in [-0.1, -0.05) is 28.1 Å². The lowest BCUT2D eigenvalue weighted by Crippen LogP contribution is -2.23. The van der Waals surface area contributed by atoms with Crippen LogP contribution in [0.3, 0.4) is 0 Å². The van der Waals surface area contributed by atoms with Crippen molar-refractivity contribution >= 4 is 15.9 Å². The summed E-state index contributed by atoms with van der Waals surface area (Å²) in [6.45, 7) is 3.06. The molecule has 3 unspecified atom stereocenters. The van der Waals surface area contributed by atoms with Crippen LogP contribution < -0.4 is 4.74 Å². The molecule has 0 aromatic heterocycles. The number of ether oxygens (including phenoxy) is 2. The first kappa shape index (κ1) is 12.9. The Hall–Kier alpha value is -0.540. The topological polar surface area (TPSA) is 18.5 Å². The van der Waals surface area contributed by atoms with Crippen molar-refractivity contribution in [1.29, 1.82) is 0 Å². The summed E-state index contributed by atoms with van der Waals surface area (Å²) >= 11 is 3.81. The maximum Gasteiger partial charge on any atom is 0.119 e. The summed E-state index contributed by atoms with van der Waals surface area (Å²) in [5.41, 5.74) is 1.31. The van der Waals surface area contributed by atoms with Crippen molar-refractivity contribution in [1.82, 2.24) is 0 Å². The van der Waals surface area contributed by atoms with Gasteiger partial charge in [0.2, 0.25) is 0 Å². The molecule has 1 aliphatic heterocycles. The number of hydrogen-bond donors (Lipinski definition) is 0. The van der Waals surface area contributed by atoms with Crippen LogP contribution in [0.4, 0.5) is 0 Å². The molecule has 2 rings (SSSR count).